The summed E-state index contributed by atoms with van der Waals surface area (Å²) in [6.45, 7) is 4.69. The normalized spacial score (nSPS) is 12.1. The second-order valence-corrected chi connectivity index (χ2v) is 5.25. The van der Waals surface area contributed by atoms with Crippen molar-refractivity contribution in [2.45, 2.75) is 32.9 Å². The van der Waals surface area contributed by atoms with Gasteiger partial charge in [-0.3, -0.25) is 9.48 Å². The quantitative estimate of drug-likeness (QED) is 0.918. The molecular formula is C16H22N4O. The summed E-state index contributed by atoms with van der Waals surface area (Å²) in [7, 11) is 1.74. The average Bonchev–Trinajstić information content (AvgIpc) is 2.83. The van der Waals surface area contributed by atoms with Gasteiger partial charge in [0, 0.05) is 19.6 Å². The van der Waals surface area contributed by atoms with Gasteiger partial charge in [-0.1, -0.05) is 37.3 Å². The average molecular weight is 286 g/mol. The van der Waals surface area contributed by atoms with E-state index in [1.165, 1.54) is 10.9 Å². The van der Waals surface area contributed by atoms with Crippen molar-refractivity contribution in [2.24, 2.45) is 7.05 Å². The minimum atomic E-state index is -0.0781. The van der Waals surface area contributed by atoms with Gasteiger partial charge in [0.1, 0.15) is 5.69 Å². The summed E-state index contributed by atoms with van der Waals surface area (Å²) in [5, 5.41) is 4.06. The maximum Gasteiger partial charge on any atom is 0.274 e. The Morgan fingerprint density at radius 3 is 2.57 bits per heavy atom. The van der Waals surface area contributed by atoms with Crippen LogP contribution >= 0.6 is 0 Å². The predicted molar refractivity (Wildman–Crippen MR) is 83.7 cm³/mol. The number of benzene rings is 1. The first-order valence-corrected chi connectivity index (χ1v) is 7.17. The molecule has 0 spiro atoms. The SMILES string of the molecule is CCC(C)N(Cc1ccccc1)C(=O)c1c(N)cnn1C. The molecule has 2 N–H and O–H groups in total. The Morgan fingerprint density at radius 2 is 2.05 bits per heavy atom. The van der Waals surface area contributed by atoms with E-state index in [2.05, 4.69) is 12.0 Å². The number of nitrogens with zero attached hydrogens (tertiary/aromatic N) is 3. The molecule has 5 heteroatoms. The molecule has 1 aromatic carbocycles. The Balaban J connectivity index is 2.30. The lowest BCUT2D eigenvalue weighted by Gasteiger charge is -2.29. The van der Waals surface area contributed by atoms with E-state index in [-0.39, 0.29) is 11.9 Å². The van der Waals surface area contributed by atoms with Crippen molar-refractivity contribution >= 4 is 11.6 Å². The highest BCUT2D eigenvalue weighted by Crippen LogP contribution is 2.18. The Bertz CT molecular complexity index is 586. The molecule has 0 aliphatic carbocycles. The Labute approximate surface area is 125 Å². The van der Waals surface area contributed by atoms with E-state index >= 15 is 0 Å². The Hall–Kier alpha value is -2.30. The second kappa shape index (κ2) is 6.43. The van der Waals surface area contributed by atoms with Gasteiger partial charge in [0.2, 0.25) is 0 Å². The number of rotatable bonds is 5. The van der Waals surface area contributed by atoms with Crippen LogP contribution in [0.4, 0.5) is 5.69 Å². The van der Waals surface area contributed by atoms with Crippen molar-refractivity contribution < 1.29 is 4.79 Å². The lowest BCUT2D eigenvalue weighted by atomic mass is 10.1. The molecule has 0 aliphatic heterocycles. The van der Waals surface area contributed by atoms with E-state index in [4.69, 9.17) is 5.73 Å². The summed E-state index contributed by atoms with van der Waals surface area (Å²) in [6, 6.07) is 10.1. The molecule has 0 saturated heterocycles. The van der Waals surface area contributed by atoms with Crippen molar-refractivity contribution in [3.8, 4) is 0 Å². The standard InChI is InChI=1S/C16H22N4O/c1-4-12(2)20(11-13-8-6-5-7-9-13)16(21)15-14(17)10-18-19(15)3/h5-10,12H,4,11,17H2,1-3H3. The molecule has 0 aliphatic rings. The number of carbonyl (C=O) groups excluding carboxylic acids is 1. The number of amides is 1. The summed E-state index contributed by atoms with van der Waals surface area (Å²) >= 11 is 0. The highest BCUT2D eigenvalue weighted by Gasteiger charge is 2.25. The van der Waals surface area contributed by atoms with E-state index in [1.807, 2.05) is 42.2 Å². The van der Waals surface area contributed by atoms with E-state index in [0.29, 0.717) is 17.9 Å². The topological polar surface area (TPSA) is 64.2 Å². The fourth-order valence-corrected chi connectivity index (χ4v) is 2.28. The minimum Gasteiger partial charge on any atom is -0.396 e. The van der Waals surface area contributed by atoms with Crippen molar-refractivity contribution in [2.75, 3.05) is 5.73 Å². The fraction of sp³-hybridized carbons (Fsp3) is 0.375. The van der Waals surface area contributed by atoms with Crippen LogP contribution < -0.4 is 5.73 Å². The molecule has 2 rings (SSSR count). The monoisotopic (exact) mass is 286 g/mol. The van der Waals surface area contributed by atoms with Crippen LogP contribution in [0.3, 0.4) is 0 Å². The Morgan fingerprint density at radius 1 is 1.38 bits per heavy atom. The zero-order valence-corrected chi connectivity index (χ0v) is 12.8. The van der Waals surface area contributed by atoms with Crippen LogP contribution in [-0.4, -0.2) is 26.6 Å². The van der Waals surface area contributed by atoms with Gasteiger partial charge in [-0.2, -0.15) is 5.10 Å². The minimum absolute atomic E-state index is 0.0781. The summed E-state index contributed by atoms with van der Waals surface area (Å²) in [5.74, 6) is -0.0781. The van der Waals surface area contributed by atoms with Crippen LogP contribution in [0.2, 0.25) is 0 Å². The zero-order valence-electron chi connectivity index (χ0n) is 12.8. The van der Waals surface area contributed by atoms with E-state index in [1.54, 1.807) is 7.05 Å². The molecule has 1 atom stereocenters. The van der Waals surface area contributed by atoms with Crippen LogP contribution in [0.1, 0.15) is 36.3 Å². The van der Waals surface area contributed by atoms with Crippen LogP contribution in [0.15, 0.2) is 36.5 Å². The summed E-state index contributed by atoms with van der Waals surface area (Å²) in [6.07, 6.45) is 2.40. The Kier molecular flexibility index (Phi) is 4.62. The number of hydrogen-bond acceptors (Lipinski definition) is 3. The third kappa shape index (κ3) is 3.24. The van der Waals surface area contributed by atoms with Gasteiger partial charge >= 0.3 is 0 Å². The van der Waals surface area contributed by atoms with Crippen molar-refractivity contribution in [3.05, 3.63) is 47.8 Å². The molecular weight excluding hydrogens is 264 g/mol. The lowest BCUT2D eigenvalue weighted by molar-refractivity contribution is 0.0661. The molecule has 2 aromatic rings. The molecule has 1 heterocycles. The molecule has 5 nitrogen and oxygen atoms in total. The second-order valence-electron chi connectivity index (χ2n) is 5.25. The number of nitrogens with two attached hydrogens (primary N) is 1. The molecule has 0 fully saturated rings. The molecule has 0 radical (unpaired) electrons. The number of aryl methyl sites for hydroxylation is 1. The molecule has 0 saturated carbocycles. The highest BCUT2D eigenvalue weighted by molar-refractivity contribution is 5.97. The van der Waals surface area contributed by atoms with Gasteiger partial charge in [0.25, 0.3) is 5.91 Å². The largest absolute Gasteiger partial charge is 0.396 e. The van der Waals surface area contributed by atoms with Gasteiger partial charge < -0.3 is 10.6 Å². The van der Waals surface area contributed by atoms with Crippen LogP contribution in [0.5, 0.6) is 0 Å². The number of hydrogen-bond donors (Lipinski definition) is 1. The molecule has 112 valence electrons. The molecule has 0 bridgehead atoms. The van der Waals surface area contributed by atoms with Crippen molar-refractivity contribution in [1.29, 1.82) is 0 Å². The van der Waals surface area contributed by atoms with Crippen LogP contribution in [-0.2, 0) is 13.6 Å². The number of nitrogen functional groups attached to an aromatic ring is 1. The van der Waals surface area contributed by atoms with Crippen LogP contribution in [0.25, 0.3) is 0 Å². The predicted octanol–water partition coefficient (Wildman–Crippen LogP) is 2.44. The number of aromatic nitrogens is 2. The lowest BCUT2D eigenvalue weighted by Crippen LogP contribution is -2.39. The van der Waals surface area contributed by atoms with Crippen molar-refractivity contribution in [3.63, 3.8) is 0 Å². The first-order valence-electron chi connectivity index (χ1n) is 7.17. The highest BCUT2D eigenvalue weighted by atomic mass is 16.2. The van der Waals surface area contributed by atoms with E-state index in [9.17, 15) is 4.79 Å². The first-order chi connectivity index (χ1) is 10.0. The maximum atomic E-state index is 12.8. The number of anilines is 1. The van der Waals surface area contributed by atoms with Gasteiger partial charge in [-0.05, 0) is 18.9 Å². The third-order valence-electron chi connectivity index (χ3n) is 3.75. The van der Waals surface area contributed by atoms with Crippen molar-refractivity contribution in [1.82, 2.24) is 14.7 Å². The zero-order chi connectivity index (χ0) is 15.4. The summed E-state index contributed by atoms with van der Waals surface area (Å²) in [4.78, 5) is 14.7. The van der Waals surface area contributed by atoms with Gasteiger partial charge in [0.05, 0.1) is 11.9 Å². The molecule has 1 aromatic heterocycles. The van der Waals surface area contributed by atoms with Crippen LogP contribution in [0, 0.1) is 0 Å². The number of carbonyl (C=O) groups is 1. The third-order valence-corrected chi connectivity index (χ3v) is 3.75. The molecule has 1 amide bonds. The molecule has 1 unspecified atom stereocenters. The van der Waals surface area contributed by atoms with Gasteiger partial charge in [0.15, 0.2) is 0 Å². The molecule has 21 heavy (non-hydrogen) atoms. The summed E-state index contributed by atoms with van der Waals surface area (Å²) < 4.78 is 1.54. The fourth-order valence-electron chi connectivity index (χ4n) is 2.28. The summed E-state index contributed by atoms with van der Waals surface area (Å²) in [5.41, 5.74) is 7.86. The van der Waals surface area contributed by atoms with Gasteiger partial charge in [-0.15, -0.1) is 0 Å². The maximum absolute atomic E-state index is 12.8. The van der Waals surface area contributed by atoms with Gasteiger partial charge in [-0.25, -0.2) is 0 Å². The van der Waals surface area contributed by atoms with E-state index < -0.39 is 0 Å². The smallest absolute Gasteiger partial charge is 0.274 e. The first kappa shape index (κ1) is 15.1. The van der Waals surface area contributed by atoms with E-state index in [0.717, 1.165) is 12.0 Å².